The van der Waals surface area contributed by atoms with Crippen LogP contribution in [0.3, 0.4) is 0 Å². The number of rotatable bonds is 3. The van der Waals surface area contributed by atoms with Crippen molar-refractivity contribution < 1.29 is 10.1 Å². The lowest BCUT2D eigenvalue weighted by Crippen LogP contribution is -2.12. The summed E-state index contributed by atoms with van der Waals surface area (Å²) in [6, 6.07) is 4.70. The molecule has 1 aromatic carbocycles. The van der Waals surface area contributed by atoms with Crippen LogP contribution in [0.5, 0.6) is 0 Å². The van der Waals surface area contributed by atoms with Gasteiger partial charge in [-0.3, -0.25) is 10.1 Å². The predicted molar refractivity (Wildman–Crippen MR) is 54.0 cm³/mol. The minimum atomic E-state index is -0.467. The molecule has 0 spiro atoms. The van der Waals surface area contributed by atoms with E-state index in [-0.39, 0.29) is 12.2 Å². The van der Waals surface area contributed by atoms with Gasteiger partial charge < -0.3 is 5.21 Å². The highest BCUT2D eigenvalue weighted by molar-refractivity contribution is 9.10. The Morgan fingerprint density at radius 2 is 2.29 bits per heavy atom. The van der Waals surface area contributed by atoms with Crippen molar-refractivity contribution >= 4 is 21.6 Å². The van der Waals surface area contributed by atoms with Crippen LogP contribution in [0.4, 0.5) is 5.69 Å². The molecule has 0 heterocycles. The van der Waals surface area contributed by atoms with Crippen molar-refractivity contribution in [3.05, 3.63) is 38.3 Å². The number of nitro groups is 1. The third-order valence-corrected chi connectivity index (χ3v) is 2.57. The molecule has 0 saturated heterocycles. The number of nitrogens with zero attached hydrogens (tertiary/aromatic N) is 2. The quantitative estimate of drug-likeness (QED) is 0.668. The van der Waals surface area contributed by atoms with Crippen molar-refractivity contribution in [2.75, 3.05) is 7.05 Å². The Morgan fingerprint density at radius 1 is 1.64 bits per heavy atom. The standard InChI is InChI=1S/C8H9BrN2O3/c1-10(12)5-6-3-2-4-7(8(6)9)11(13)14/h2-4,12H,5H2,1H3. The highest BCUT2D eigenvalue weighted by Crippen LogP contribution is 2.28. The molecule has 0 atom stereocenters. The SMILES string of the molecule is CN(O)Cc1cccc([N+](=O)[O-])c1Br. The molecule has 76 valence electrons. The average molecular weight is 261 g/mol. The Hall–Kier alpha value is -0.980. The summed E-state index contributed by atoms with van der Waals surface area (Å²) in [6.45, 7) is 0.238. The minimum Gasteiger partial charge on any atom is -0.314 e. The lowest BCUT2D eigenvalue weighted by atomic mass is 10.2. The number of benzene rings is 1. The van der Waals surface area contributed by atoms with Crippen LogP contribution in [0.1, 0.15) is 5.56 Å². The molecule has 6 heteroatoms. The zero-order valence-electron chi connectivity index (χ0n) is 7.48. The molecule has 5 nitrogen and oxygen atoms in total. The van der Waals surface area contributed by atoms with Gasteiger partial charge in [-0.05, 0) is 21.5 Å². The number of nitro benzene ring substituents is 1. The van der Waals surface area contributed by atoms with E-state index in [4.69, 9.17) is 5.21 Å². The first-order chi connectivity index (χ1) is 6.52. The van der Waals surface area contributed by atoms with Crippen LogP contribution in [-0.2, 0) is 6.54 Å². The summed E-state index contributed by atoms with van der Waals surface area (Å²) in [5.41, 5.74) is 0.675. The van der Waals surface area contributed by atoms with E-state index < -0.39 is 4.92 Å². The molecule has 1 rings (SSSR count). The number of hydroxylamine groups is 2. The zero-order valence-corrected chi connectivity index (χ0v) is 9.06. The Morgan fingerprint density at radius 3 is 2.79 bits per heavy atom. The third kappa shape index (κ3) is 2.50. The normalized spacial score (nSPS) is 10.6. The predicted octanol–water partition coefficient (Wildman–Crippen LogP) is 2.18. The summed E-state index contributed by atoms with van der Waals surface area (Å²) in [6.07, 6.45) is 0. The van der Waals surface area contributed by atoms with Gasteiger partial charge in [0.15, 0.2) is 0 Å². The van der Waals surface area contributed by atoms with Crippen LogP contribution in [0.2, 0.25) is 0 Å². The molecule has 14 heavy (non-hydrogen) atoms. The fourth-order valence-corrected chi connectivity index (χ4v) is 1.61. The molecular weight excluding hydrogens is 252 g/mol. The molecule has 1 aromatic rings. The van der Waals surface area contributed by atoms with Gasteiger partial charge >= 0.3 is 0 Å². The van der Waals surface area contributed by atoms with Gasteiger partial charge in [0, 0.05) is 19.7 Å². The van der Waals surface area contributed by atoms with Crippen molar-refractivity contribution in [3.63, 3.8) is 0 Å². The van der Waals surface area contributed by atoms with Gasteiger partial charge in [-0.15, -0.1) is 0 Å². The van der Waals surface area contributed by atoms with Gasteiger partial charge in [-0.2, -0.15) is 5.06 Å². The van der Waals surface area contributed by atoms with E-state index in [1.807, 2.05) is 0 Å². The zero-order chi connectivity index (χ0) is 10.7. The number of halogens is 1. The van der Waals surface area contributed by atoms with Crippen LogP contribution in [0.25, 0.3) is 0 Å². The number of hydrogen-bond donors (Lipinski definition) is 1. The minimum absolute atomic E-state index is 0.00403. The third-order valence-electron chi connectivity index (χ3n) is 1.65. The molecule has 0 amide bonds. The molecule has 0 aliphatic heterocycles. The Labute approximate surface area is 89.2 Å². The average Bonchev–Trinajstić information content (AvgIpc) is 2.07. The van der Waals surface area contributed by atoms with Gasteiger partial charge in [0.2, 0.25) is 0 Å². The summed E-state index contributed by atoms with van der Waals surface area (Å²) >= 11 is 3.13. The molecule has 0 radical (unpaired) electrons. The smallest absolute Gasteiger partial charge is 0.283 e. The van der Waals surface area contributed by atoms with Gasteiger partial charge in [-0.25, -0.2) is 0 Å². The second-order valence-electron chi connectivity index (χ2n) is 2.82. The highest BCUT2D eigenvalue weighted by atomic mass is 79.9. The number of hydrogen-bond acceptors (Lipinski definition) is 4. The maximum atomic E-state index is 10.6. The summed E-state index contributed by atoms with van der Waals surface area (Å²) in [5, 5.41) is 20.5. The summed E-state index contributed by atoms with van der Waals surface area (Å²) in [4.78, 5) is 10.1. The van der Waals surface area contributed by atoms with Gasteiger partial charge in [-0.1, -0.05) is 12.1 Å². The van der Waals surface area contributed by atoms with Crippen molar-refractivity contribution in [1.82, 2.24) is 5.06 Å². The lowest BCUT2D eigenvalue weighted by Gasteiger charge is -2.09. The first-order valence-corrected chi connectivity index (χ1v) is 4.63. The van der Waals surface area contributed by atoms with Crippen molar-refractivity contribution in [1.29, 1.82) is 0 Å². The molecule has 0 saturated carbocycles. The van der Waals surface area contributed by atoms with E-state index in [1.165, 1.54) is 13.1 Å². The van der Waals surface area contributed by atoms with Crippen LogP contribution >= 0.6 is 15.9 Å². The second-order valence-corrected chi connectivity index (χ2v) is 3.62. The lowest BCUT2D eigenvalue weighted by molar-refractivity contribution is -0.385. The van der Waals surface area contributed by atoms with Crippen LogP contribution in [0, 0.1) is 10.1 Å². The van der Waals surface area contributed by atoms with Gasteiger partial charge in [0.25, 0.3) is 5.69 Å². The van der Waals surface area contributed by atoms with Crippen molar-refractivity contribution in [2.24, 2.45) is 0 Å². The topological polar surface area (TPSA) is 66.6 Å². The Balaban J connectivity index is 3.07. The maximum absolute atomic E-state index is 10.6. The highest BCUT2D eigenvalue weighted by Gasteiger charge is 2.14. The molecule has 0 bridgehead atoms. The first kappa shape index (κ1) is 11.1. The molecule has 0 aromatic heterocycles. The fraction of sp³-hybridized carbons (Fsp3) is 0.250. The monoisotopic (exact) mass is 260 g/mol. The van der Waals surface area contributed by atoms with Crippen LogP contribution in [-0.4, -0.2) is 22.2 Å². The van der Waals surface area contributed by atoms with E-state index in [0.717, 1.165) is 5.06 Å². The second kappa shape index (κ2) is 4.50. The van der Waals surface area contributed by atoms with E-state index in [9.17, 15) is 10.1 Å². The summed E-state index contributed by atoms with van der Waals surface area (Å²) < 4.78 is 0.408. The first-order valence-electron chi connectivity index (χ1n) is 3.84. The Kier molecular flexibility index (Phi) is 3.56. The molecule has 0 unspecified atom stereocenters. The fourth-order valence-electron chi connectivity index (χ4n) is 1.08. The molecule has 1 N–H and O–H groups in total. The molecule has 0 fully saturated rings. The van der Waals surface area contributed by atoms with E-state index in [1.54, 1.807) is 12.1 Å². The molecular formula is C8H9BrN2O3. The summed E-state index contributed by atoms with van der Waals surface area (Å²) in [7, 11) is 1.48. The van der Waals surface area contributed by atoms with Crippen LogP contribution < -0.4 is 0 Å². The van der Waals surface area contributed by atoms with Gasteiger partial charge in [0.1, 0.15) is 0 Å². The van der Waals surface area contributed by atoms with E-state index in [0.29, 0.717) is 10.0 Å². The summed E-state index contributed by atoms with van der Waals surface area (Å²) in [5.74, 6) is 0. The molecule has 0 aliphatic rings. The molecule has 0 aliphatic carbocycles. The van der Waals surface area contributed by atoms with Crippen molar-refractivity contribution in [3.8, 4) is 0 Å². The van der Waals surface area contributed by atoms with Crippen LogP contribution in [0.15, 0.2) is 22.7 Å². The van der Waals surface area contributed by atoms with E-state index >= 15 is 0 Å². The largest absolute Gasteiger partial charge is 0.314 e. The van der Waals surface area contributed by atoms with Crippen molar-refractivity contribution in [2.45, 2.75) is 6.54 Å². The Bertz CT molecular complexity index is 354. The van der Waals surface area contributed by atoms with Gasteiger partial charge in [0.05, 0.1) is 9.40 Å². The maximum Gasteiger partial charge on any atom is 0.283 e. The van der Waals surface area contributed by atoms with E-state index in [2.05, 4.69) is 15.9 Å².